The third-order valence-corrected chi connectivity index (χ3v) is 3.89. The molecule has 0 aliphatic carbocycles. The van der Waals surface area contributed by atoms with Crippen LogP contribution in [-0.2, 0) is 9.53 Å². The van der Waals surface area contributed by atoms with E-state index >= 15 is 0 Å². The number of hydrogen-bond acceptors (Lipinski definition) is 6. The Morgan fingerprint density at radius 2 is 2.12 bits per heavy atom. The lowest BCUT2D eigenvalue weighted by Gasteiger charge is -2.13. The zero-order valence-corrected chi connectivity index (χ0v) is 15.7. The Morgan fingerprint density at radius 3 is 2.62 bits per heavy atom. The molecule has 0 aromatic heterocycles. The maximum absolute atomic E-state index is 11.8. The molecule has 0 aliphatic heterocycles. The Morgan fingerprint density at radius 1 is 1.46 bits per heavy atom. The van der Waals surface area contributed by atoms with Crippen LogP contribution in [-0.4, -0.2) is 25.4 Å². The highest BCUT2D eigenvalue weighted by Gasteiger charge is 2.19. The van der Waals surface area contributed by atoms with E-state index in [2.05, 4.69) is 27.0 Å². The van der Waals surface area contributed by atoms with Gasteiger partial charge in [0, 0.05) is 0 Å². The van der Waals surface area contributed by atoms with E-state index in [9.17, 15) is 4.79 Å². The van der Waals surface area contributed by atoms with Gasteiger partial charge in [-0.1, -0.05) is 13.8 Å². The van der Waals surface area contributed by atoms with Crippen molar-refractivity contribution in [2.75, 3.05) is 13.7 Å². The third kappa shape index (κ3) is 4.83. The highest BCUT2D eigenvalue weighted by atomic mass is 79.9. The second kappa shape index (κ2) is 9.08. The summed E-state index contributed by atoms with van der Waals surface area (Å²) in [6, 6.07) is 6.99. The van der Waals surface area contributed by atoms with Crippen LogP contribution in [0.15, 0.2) is 33.4 Å². The topological polar surface area (TPSA) is 97.7 Å². The first-order valence-corrected chi connectivity index (χ1v) is 8.14. The fraction of sp³-hybridized carbons (Fsp3) is 0.353. The predicted molar refractivity (Wildman–Crippen MR) is 96.4 cm³/mol. The summed E-state index contributed by atoms with van der Waals surface area (Å²) in [5.74, 6) is -0.138. The highest BCUT2D eigenvalue weighted by molar-refractivity contribution is 9.12. The molecule has 128 valence electrons. The highest BCUT2D eigenvalue weighted by Crippen LogP contribution is 2.31. The molecule has 0 aliphatic rings. The SMILES string of the molecule is CCOC(=O)C(N)=C(Br)C(=Nc1cc(C#N)ccc1OC)C(C)C. The molecule has 0 saturated heterocycles. The Balaban J connectivity index is 3.46. The Bertz CT molecular complexity index is 718. The summed E-state index contributed by atoms with van der Waals surface area (Å²) in [5, 5.41) is 9.06. The van der Waals surface area contributed by atoms with E-state index in [0.717, 1.165) is 0 Å². The molecule has 0 saturated carbocycles. The number of halogens is 1. The van der Waals surface area contributed by atoms with Crippen LogP contribution in [0.3, 0.4) is 0 Å². The lowest BCUT2D eigenvalue weighted by atomic mass is 10.1. The number of carbonyl (C=O) groups is 1. The molecular weight excluding hydrogens is 374 g/mol. The number of ether oxygens (including phenoxy) is 2. The molecule has 1 rings (SSSR count). The van der Waals surface area contributed by atoms with E-state index in [1.54, 1.807) is 25.1 Å². The van der Waals surface area contributed by atoms with Crippen molar-refractivity contribution in [2.45, 2.75) is 20.8 Å². The van der Waals surface area contributed by atoms with E-state index in [1.807, 2.05) is 13.8 Å². The van der Waals surface area contributed by atoms with Crippen molar-refractivity contribution in [3.63, 3.8) is 0 Å². The van der Waals surface area contributed by atoms with Crippen molar-refractivity contribution >= 4 is 33.3 Å². The molecule has 24 heavy (non-hydrogen) atoms. The van der Waals surface area contributed by atoms with Crippen molar-refractivity contribution in [2.24, 2.45) is 16.6 Å². The van der Waals surface area contributed by atoms with Gasteiger partial charge in [-0.05, 0) is 47.0 Å². The number of allylic oxidation sites excluding steroid dienone is 1. The molecule has 1 aromatic rings. The minimum Gasteiger partial charge on any atom is -0.494 e. The fourth-order valence-electron chi connectivity index (χ4n) is 1.84. The number of hydrogen-bond donors (Lipinski definition) is 1. The van der Waals surface area contributed by atoms with Crippen LogP contribution in [0.25, 0.3) is 0 Å². The van der Waals surface area contributed by atoms with Crippen LogP contribution in [0, 0.1) is 17.2 Å². The van der Waals surface area contributed by atoms with Crippen LogP contribution >= 0.6 is 15.9 Å². The molecule has 1 aromatic carbocycles. The molecule has 6 nitrogen and oxygen atoms in total. The Labute approximate surface area is 150 Å². The number of aliphatic imine (C=N–C) groups is 1. The number of nitriles is 1. The van der Waals surface area contributed by atoms with Gasteiger partial charge in [0.2, 0.25) is 0 Å². The van der Waals surface area contributed by atoms with Gasteiger partial charge < -0.3 is 15.2 Å². The van der Waals surface area contributed by atoms with Crippen LogP contribution in [0.2, 0.25) is 0 Å². The molecule has 0 bridgehead atoms. The van der Waals surface area contributed by atoms with Crippen molar-refractivity contribution < 1.29 is 14.3 Å². The standard InChI is InChI=1S/C17H20BrN3O3/c1-5-24-17(22)15(20)14(18)16(10(2)3)21-12-8-11(9-19)6-7-13(12)23-4/h6-8,10H,5,20H2,1-4H3. The number of benzene rings is 1. The maximum Gasteiger partial charge on any atom is 0.355 e. The van der Waals surface area contributed by atoms with Crippen LogP contribution in [0.1, 0.15) is 26.3 Å². The van der Waals surface area contributed by atoms with Gasteiger partial charge in [-0.25, -0.2) is 9.79 Å². The summed E-state index contributed by atoms with van der Waals surface area (Å²) in [5.41, 5.74) is 7.29. The predicted octanol–water partition coefficient (Wildman–Crippen LogP) is 3.42. The van der Waals surface area contributed by atoms with E-state index < -0.39 is 5.97 Å². The smallest absolute Gasteiger partial charge is 0.355 e. The molecule has 0 heterocycles. The van der Waals surface area contributed by atoms with E-state index in [0.29, 0.717) is 27.2 Å². The number of carbonyl (C=O) groups excluding carboxylic acids is 1. The second-order valence-corrected chi connectivity index (χ2v) is 5.89. The number of nitrogens with two attached hydrogens (primary N) is 1. The minimum absolute atomic E-state index is 0.0391. The summed E-state index contributed by atoms with van der Waals surface area (Å²) in [6.45, 7) is 5.76. The molecule has 0 unspecified atom stereocenters. The fourth-order valence-corrected chi connectivity index (χ4v) is 2.55. The van der Waals surface area contributed by atoms with E-state index in [4.69, 9.17) is 20.5 Å². The molecule has 0 spiro atoms. The molecule has 2 N–H and O–H groups in total. The normalized spacial score (nSPS) is 12.5. The number of esters is 1. The first-order chi connectivity index (χ1) is 11.3. The van der Waals surface area contributed by atoms with E-state index in [1.165, 1.54) is 7.11 Å². The van der Waals surface area contributed by atoms with Gasteiger partial charge >= 0.3 is 5.97 Å². The van der Waals surface area contributed by atoms with Crippen molar-refractivity contribution in [3.8, 4) is 11.8 Å². The van der Waals surface area contributed by atoms with Crippen LogP contribution in [0.4, 0.5) is 5.69 Å². The average Bonchev–Trinajstić information content (AvgIpc) is 2.57. The van der Waals surface area contributed by atoms with Gasteiger partial charge in [0.25, 0.3) is 0 Å². The number of nitrogens with zero attached hydrogens (tertiary/aromatic N) is 2. The quantitative estimate of drug-likeness (QED) is 0.453. The average molecular weight is 394 g/mol. The maximum atomic E-state index is 11.8. The first-order valence-electron chi connectivity index (χ1n) is 7.35. The first kappa shape index (κ1) is 19.7. The molecule has 0 fully saturated rings. The summed E-state index contributed by atoms with van der Waals surface area (Å²) in [7, 11) is 1.52. The number of methoxy groups -OCH3 is 1. The zero-order chi connectivity index (χ0) is 18.3. The molecule has 0 amide bonds. The van der Waals surface area contributed by atoms with Crippen molar-refractivity contribution in [1.82, 2.24) is 0 Å². The van der Waals surface area contributed by atoms with Crippen LogP contribution in [0.5, 0.6) is 5.75 Å². The monoisotopic (exact) mass is 393 g/mol. The van der Waals surface area contributed by atoms with Gasteiger partial charge in [0.15, 0.2) is 0 Å². The molecule has 0 atom stereocenters. The van der Waals surface area contributed by atoms with Gasteiger partial charge in [0.05, 0.1) is 35.5 Å². The summed E-state index contributed by atoms with van der Waals surface area (Å²) in [4.78, 5) is 16.4. The molecule has 0 radical (unpaired) electrons. The summed E-state index contributed by atoms with van der Waals surface area (Å²) < 4.78 is 10.6. The zero-order valence-electron chi connectivity index (χ0n) is 14.1. The summed E-state index contributed by atoms with van der Waals surface area (Å²) in [6.07, 6.45) is 0. The Kier molecular flexibility index (Phi) is 7.46. The third-order valence-electron chi connectivity index (χ3n) is 3.05. The van der Waals surface area contributed by atoms with E-state index in [-0.39, 0.29) is 18.2 Å². The second-order valence-electron chi connectivity index (χ2n) is 5.10. The lowest BCUT2D eigenvalue weighted by molar-refractivity contribution is -0.138. The van der Waals surface area contributed by atoms with Gasteiger partial charge in [-0.2, -0.15) is 5.26 Å². The van der Waals surface area contributed by atoms with Crippen LogP contribution < -0.4 is 10.5 Å². The Hall–Kier alpha value is -2.33. The lowest BCUT2D eigenvalue weighted by Crippen LogP contribution is -2.20. The largest absolute Gasteiger partial charge is 0.494 e. The van der Waals surface area contributed by atoms with Crippen molar-refractivity contribution in [1.29, 1.82) is 5.26 Å². The molecule has 7 heteroatoms. The van der Waals surface area contributed by atoms with Gasteiger partial charge in [-0.15, -0.1) is 0 Å². The van der Waals surface area contributed by atoms with Crippen molar-refractivity contribution in [3.05, 3.63) is 33.9 Å². The van der Waals surface area contributed by atoms with Gasteiger partial charge in [-0.3, -0.25) is 0 Å². The molecular formula is C17H20BrN3O3. The minimum atomic E-state index is -0.615. The number of rotatable bonds is 6. The van der Waals surface area contributed by atoms with Gasteiger partial charge in [0.1, 0.15) is 17.1 Å². The summed E-state index contributed by atoms with van der Waals surface area (Å²) >= 11 is 3.34.